The van der Waals surface area contributed by atoms with Gasteiger partial charge in [0.15, 0.2) is 0 Å². The van der Waals surface area contributed by atoms with Crippen LogP contribution in [0.1, 0.15) is 52.4 Å². The molecule has 0 N–H and O–H groups in total. The minimum Gasteiger partial charge on any atom is -0.237 e. The summed E-state index contributed by atoms with van der Waals surface area (Å²) in [5, 5.41) is 0. The van der Waals surface area contributed by atoms with Crippen molar-refractivity contribution in [2.75, 3.05) is 19.6 Å². The first-order valence-electron chi connectivity index (χ1n) is 5.54. The summed E-state index contributed by atoms with van der Waals surface area (Å²) in [6, 6.07) is 0. The quantitative estimate of drug-likeness (QED) is 0.253. The van der Waals surface area contributed by atoms with E-state index < -0.39 is 0 Å². The molecule has 0 atom stereocenters. The number of rotatable bonds is 9. The van der Waals surface area contributed by atoms with Gasteiger partial charge in [0.1, 0.15) is 0 Å². The molecule has 0 aliphatic carbocycles. The van der Waals surface area contributed by atoms with E-state index in [4.69, 9.17) is 9.78 Å². The standard InChI is InChI=1S/C10H22O2.CH3Cl/c1-3-5-7-9-11-12-10-8-6-4-2;1-2/h3-10H2,1-2H3;1H3. The Bertz CT molecular complexity index is 69.7. The van der Waals surface area contributed by atoms with Crippen molar-refractivity contribution in [2.45, 2.75) is 52.4 Å². The van der Waals surface area contributed by atoms with Gasteiger partial charge in [0.25, 0.3) is 0 Å². The molecule has 0 amide bonds. The molecule has 0 bridgehead atoms. The SMILES string of the molecule is CCCCCOOCCCCC.CCl. The highest BCUT2D eigenvalue weighted by Gasteiger charge is 1.89. The van der Waals surface area contributed by atoms with E-state index in [9.17, 15) is 0 Å². The Morgan fingerprint density at radius 3 is 1.36 bits per heavy atom. The van der Waals surface area contributed by atoms with Crippen LogP contribution in [0.25, 0.3) is 0 Å². The van der Waals surface area contributed by atoms with Crippen molar-refractivity contribution in [3.8, 4) is 0 Å². The molecule has 0 aromatic rings. The molecule has 0 rings (SSSR count). The lowest BCUT2D eigenvalue weighted by molar-refractivity contribution is -0.295. The van der Waals surface area contributed by atoms with Crippen LogP contribution in [0.4, 0.5) is 0 Å². The van der Waals surface area contributed by atoms with Crippen LogP contribution in [0.15, 0.2) is 0 Å². The van der Waals surface area contributed by atoms with Crippen LogP contribution in [0, 0.1) is 0 Å². The monoisotopic (exact) mass is 224 g/mol. The van der Waals surface area contributed by atoms with Crippen molar-refractivity contribution >= 4 is 11.6 Å². The fraction of sp³-hybridized carbons (Fsp3) is 1.00. The summed E-state index contributed by atoms with van der Waals surface area (Å²) in [5.41, 5.74) is 0. The lowest BCUT2D eigenvalue weighted by atomic mass is 10.3. The molecule has 0 heterocycles. The summed E-state index contributed by atoms with van der Waals surface area (Å²) in [6.45, 7) is 5.87. The largest absolute Gasteiger partial charge is 0.237 e. The minimum absolute atomic E-state index is 0.750. The van der Waals surface area contributed by atoms with Crippen molar-refractivity contribution in [3.05, 3.63) is 0 Å². The van der Waals surface area contributed by atoms with Crippen LogP contribution in [0.3, 0.4) is 0 Å². The molecular weight excluding hydrogens is 200 g/mol. The number of unbranched alkanes of at least 4 members (excludes halogenated alkanes) is 4. The highest BCUT2D eigenvalue weighted by atomic mass is 35.5. The second-order valence-electron chi connectivity index (χ2n) is 3.06. The van der Waals surface area contributed by atoms with Gasteiger partial charge in [0, 0.05) is 6.38 Å². The van der Waals surface area contributed by atoms with Crippen molar-refractivity contribution in [3.63, 3.8) is 0 Å². The molecule has 3 heteroatoms. The third-order valence-corrected chi connectivity index (χ3v) is 1.75. The van der Waals surface area contributed by atoms with Gasteiger partial charge in [-0.3, -0.25) is 0 Å². The summed E-state index contributed by atoms with van der Waals surface area (Å²) < 4.78 is 0. The molecule has 0 spiro atoms. The zero-order valence-electron chi connectivity index (χ0n) is 9.85. The van der Waals surface area contributed by atoms with Gasteiger partial charge in [-0.25, -0.2) is 9.78 Å². The van der Waals surface area contributed by atoms with Gasteiger partial charge < -0.3 is 0 Å². The number of halogens is 1. The first kappa shape index (κ1) is 16.6. The minimum atomic E-state index is 0.750. The molecular formula is C11H25ClO2. The number of alkyl halides is 1. The van der Waals surface area contributed by atoms with E-state index >= 15 is 0 Å². The molecule has 0 fully saturated rings. The van der Waals surface area contributed by atoms with Gasteiger partial charge in [-0.15, -0.1) is 11.6 Å². The maximum atomic E-state index is 4.98. The lowest BCUT2D eigenvalue weighted by Gasteiger charge is -2.02. The fourth-order valence-corrected chi connectivity index (χ4v) is 0.940. The predicted molar refractivity (Wildman–Crippen MR) is 62.7 cm³/mol. The van der Waals surface area contributed by atoms with E-state index in [0.29, 0.717) is 0 Å². The topological polar surface area (TPSA) is 18.5 Å². The highest BCUT2D eigenvalue weighted by molar-refractivity contribution is 6.15. The van der Waals surface area contributed by atoms with Crippen LogP contribution in [-0.4, -0.2) is 19.6 Å². The maximum absolute atomic E-state index is 4.98. The molecule has 0 saturated carbocycles. The van der Waals surface area contributed by atoms with E-state index in [1.165, 1.54) is 32.1 Å². The summed E-state index contributed by atoms with van der Waals surface area (Å²) in [7, 11) is 0. The van der Waals surface area contributed by atoms with Crippen LogP contribution in [0.2, 0.25) is 0 Å². The van der Waals surface area contributed by atoms with E-state index in [0.717, 1.165) is 26.1 Å². The summed E-state index contributed by atoms with van der Waals surface area (Å²) in [6.07, 6.45) is 8.64. The highest BCUT2D eigenvalue weighted by Crippen LogP contribution is 1.97. The third-order valence-electron chi connectivity index (χ3n) is 1.75. The Kier molecular flexibility index (Phi) is 22.4. The first-order chi connectivity index (χ1) is 6.91. The molecule has 14 heavy (non-hydrogen) atoms. The number of hydrogen-bond donors (Lipinski definition) is 0. The van der Waals surface area contributed by atoms with Gasteiger partial charge in [0.05, 0.1) is 13.2 Å². The molecule has 0 aliphatic rings. The van der Waals surface area contributed by atoms with E-state index in [2.05, 4.69) is 25.4 Å². The maximum Gasteiger partial charge on any atom is 0.0822 e. The Balaban J connectivity index is 0. The molecule has 0 aromatic carbocycles. The Morgan fingerprint density at radius 2 is 1.07 bits per heavy atom. The van der Waals surface area contributed by atoms with E-state index in [-0.39, 0.29) is 0 Å². The molecule has 0 unspecified atom stereocenters. The Hall–Kier alpha value is 0.210. The van der Waals surface area contributed by atoms with Crippen LogP contribution in [0.5, 0.6) is 0 Å². The second-order valence-corrected chi connectivity index (χ2v) is 3.06. The van der Waals surface area contributed by atoms with E-state index in [1.54, 1.807) is 0 Å². The van der Waals surface area contributed by atoms with Crippen LogP contribution in [-0.2, 0) is 9.78 Å². The third kappa shape index (κ3) is 18.1. The van der Waals surface area contributed by atoms with Gasteiger partial charge in [0.2, 0.25) is 0 Å². The van der Waals surface area contributed by atoms with Crippen molar-refractivity contribution in [2.24, 2.45) is 0 Å². The summed E-state index contributed by atoms with van der Waals surface area (Å²) in [4.78, 5) is 9.96. The van der Waals surface area contributed by atoms with E-state index in [1.807, 2.05) is 0 Å². The average Bonchev–Trinajstić information content (AvgIpc) is 2.25. The second kappa shape index (κ2) is 18.9. The first-order valence-corrected chi connectivity index (χ1v) is 6.29. The van der Waals surface area contributed by atoms with Gasteiger partial charge in [-0.1, -0.05) is 39.5 Å². The fourth-order valence-electron chi connectivity index (χ4n) is 0.940. The Labute approximate surface area is 93.9 Å². The van der Waals surface area contributed by atoms with Crippen molar-refractivity contribution in [1.82, 2.24) is 0 Å². The predicted octanol–water partition coefficient (Wildman–Crippen LogP) is 4.17. The van der Waals surface area contributed by atoms with Gasteiger partial charge in [-0.2, -0.15) is 0 Å². The van der Waals surface area contributed by atoms with Gasteiger partial charge in [-0.05, 0) is 12.8 Å². The number of hydrogen-bond acceptors (Lipinski definition) is 2. The van der Waals surface area contributed by atoms with Crippen LogP contribution < -0.4 is 0 Å². The normalized spacial score (nSPS) is 9.43. The molecule has 88 valence electrons. The van der Waals surface area contributed by atoms with Crippen LogP contribution >= 0.6 is 11.6 Å². The molecule has 0 radical (unpaired) electrons. The average molecular weight is 225 g/mol. The Morgan fingerprint density at radius 1 is 0.714 bits per heavy atom. The molecule has 0 aliphatic heterocycles. The van der Waals surface area contributed by atoms with Crippen molar-refractivity contribution in [1.29, 1.82) is 0 Å². The molecule has 2 nitrogen and oxygen atoms in total. The molecule has 0 aromatic heterocycles. The smallest absolute Gasteiger partial charge is 0.0822 e. The zero-order valence-corrected chi connectivity index (χ0v) is 10.6. The van der Waals surface area contributed by atoms with Crippen molar-refractivity contribution < 1.29 is 9.78 Å². The zero-order chi connectivity index (χ0) is 11.1. The molecule has 0 saturated heterocycles. The lowest BCUT2D eigenvalue weighted by Crippen LogP contribution is -1.98. The van der Waals surface area contributed by atoms with Gasteiger partial charge >= 0.3 is 0 Å². The summed E-state index contributed by atoms with van der Waals surface area (Å²) >= 11 is 4.64. The summed E-state index contributed by atoms with van der Waals surface area (Å²) in [5.74, 6) is 0.